The molecular weight excluding hydrogens is 418 g/mol. The van der Waals surface area contributed by atoms with Gasteiger partial charge in [-0.15, -0.1) is 0 Å². The first kappa shape index (κ1) is 19.6. The molecule has 0 aliphatic heterocycles. The van der Waals surface area contributed by atoms with Crippen molar-refractivity contribution < 1.29 is 14.3 Å². The third-order valence-electron chi connectivity index (χ3n) is 4.02. The molecule has 3 aromatic carbocycles. The Hall–Kier alpha value is -3.18. The number of ketones is 1. The highest BCUT2D eigenvalue weighted by Gasteiger charge is 2.12. The lowest BCUT2D eigenvalue weighted by atomic mass is 10.0. The average molecular weight is 436 g/mol. The second-order valence-corrected chi connectivity index (χ2v) is 7.00. The highest BCUT2D eigenvalue weighted by atomic mass is 79.9. The SMILES string of the molecule is NC(=O)COc1ccc(Br)cc1C(=O)/C=C/c1ccc(-c2ccccc2)cc1. The van der Waals surface area contributed by atoms with E-state index in [0.29, 0.717) is 11.3 Å². The molecule has 0 aliphatic rings. The van der Waals surface area contributed by atoms with Gasteiger partial charge in [0.15, 0.2) is 12.4 Å². The van der Waals surface area contributed by atoms with E-state index < -0.39 is 5.91 Å². The standard InChI is InChI=1S/C23H18BrNO3/c24-19-11-13-22(28-15-23(25)27)20(14-19)21(26)12-8-16-6-9-18(10-7-16)17-4-2-1-3-5-17/h1-14H,15H2,(H2,25,27)/b12-8+. The average Bonchev–Trinajstić information content (AvgIpc) is 2.72. The van der Waals surface area contributed by atoms with Crippen LogP contribution in [0.25, 0.3) is 17.2 Å². The number of carbonyl (C=O) groups is 2. The number of benzene rings is 3. The van der Waals surface area contributed by atoms with Crippen molar-refractivity contribution in [3.8, 4) is 16.9 Å². The van der Waals surface area contributed by atoms with Crippen molar-refractivity contribution in [1.29, 1.82) is 0 Å². The van der Waals surface area contributed by atoms with Crippen LogP contribution in [0.5, 0.6) is 5.75 Å². The van der Waals surface area contributed by atoms with Crippen LogP contribution in [0.3, 0.4) is 0 Å². The lowest BCUT2D eigenvalue weighted by Crippen LogP contribution is -2.20. The number of allylic oxidation sites excluding steroid dienone is 1. The summed E-state index contributed by atoms with van der Waals surface area (Å²) in [5.74, 6) is -0.514. The van der Waals surface area contributed by atoms with Crippen molar-refractivity contribution in [2.75, 3.05) is 6.61 Å². The summed E-state index contributed by atoms with van der Waals surface area (Å²) in [6, 6.07) is 23.0. The molecule has 28 heavy (non-hydrogen) atoms. The molecule has 140 valence electrons. The van der Waals surface area contributed by atoms with Gasteiger partial charge in [0, 0.05) is 4.47 Å². The smallest absolute Gasteiger partial charge is 0.255 e. The summed E-state index contributed by atoms with van der Waals surface area (Å²) in [6.07, 6.45) is 3.23. The lowest BCUT2D eigenvalue weighted by molar-refractivity contribution is -0.119. The van der Waals surface area contributed by atoms with E-state index in [2.05, 4.69) is 28.1 Å². The maximum atomic E-state index is 12.6. The maximum absolute atomic E-state index is 12.6. The molecule has 0 saturated heterocycles. The predicted molar refractivity (Wildman–Crippen MR) is 114 cm³/mol. The third-order valence-corrected chi connectivity index (χ3v) is 4.52. The number of hydrogen-bond donors (Lipinski definition) is 1. The van der Waals surface area contributed by atoms with Gasteiger partial charge in [-0.2, -0.15) is 0 Å². The molecule has 4 nitrogen and oxygen atoms in total. The van der Waals surface area contributed by atoms with Crippen molar-refractivity contribution >= 4 is 33.7 Å². The molecule has 0 saturated carbocycles. The number of halogens is 1. The summed E-state index contributed by atoms with van der Waals surface area (Å²) in [6.45, 7) is -0.285. The number of carbonyl (C=O) groups excluding carboxylic acids is 2. The Kier molecular flexibility index (Phi) is 6.40. The Morgan fingerprint density at radius 3 is 2.29 bits per heavy atom. The van der Waals surface area contributed by atoms with Gasteiger partial charge in [-0.05, 0) is 41.0 Å². The normalized spacial score (nSPS) is 10.8. The molecule has 3 rings (SSSR count). The van der Waals surface area contributed by atoms with Crippen LogP contribution in [0.15, 0.2) is 83.3 Å². The monoisotopic (exact) mass is 435 g/mol. The highest BCUT2D eigenvalue weighted by molar-refractivity contribution is 9.10. The maximum Gasteiger partial charge on any atom is 0.255 e. The van der Waals surface area contributed by atoms with Crippen molar-refractivity contribution in [3.63, 3.8) is 0 Å². The van der Waals surface area contributed by atoms with Gasteiger partial charge in [-0.3, -0.25) is 9.59 Å². The van der Waals surface area contributed by atoms with Crippen LogP contribution in [-0.2, 0) is 4.79 Å². The van der Waals surface area contributed by atoms with E-state index in [4.69, 9.17) is 10.5 Å². The molecule has 0 heterocycles. The van der Waals surface area contributed by atoms with Crippen LogP contribution in [0.2, 0.25) is 0 Å². The molecule has 5 heteroatoms. The Labute approximate surface area is 171 Å². The van der Waals surface area contributed by atoms with Gasteiger partial charge in [-0.25, -0.2) is 0 Å². The largest absolute Gasteiger partial charge is 0.483 e. The molecule has 0 fully saturated rings. The van der Waals surface area contributed by atoms with Crippen molar-refractivity contribution in [3.05, 3.63) is 94.5 Å². The first-order valence-corrected chi connectivity index (χ1v) is 9.41. The molecule has 0 spiro atoms. The summed E-state index contributed by atoms with van der Waals surface area (Å²) >= 11 is 3.35. The summed E-state index contributed by atoms with van der Waals surface area (Å²) in [5.41, 5.74) is 8.62. The second kappa shape index (κ2) is 9.15. The zero-order valence-electron chi connectivity index (χ0n) is 15.0. The fourth-order valence-corrected chi connectivity index (χ4v) is 3.01. The Balaban J connectivity index is 1.76. The molecule has 0 atom stereocenters. The van der Waals surface area contributed by atoms with E-state index in [-0.39, 0.29) is 12.4 Å². The van der Waals surface area contributed by atoms with Crippen molar-refractivity contribution in [1.82, 2.24) is 0 Å². The van der Waals surface area contributed by atoms with Gasteiger partial charge >= 0.3 is 0 Å². The van der Waals surface area contributed by atoms with Crippen LogP contribution in [0.4, 0.5) is 0 Å². The summed E-state index contributed by atoms with van der Waals surface area (Å²) in [7, 11) is 0. The third kappa shape index (κ3) is 5.18. The molecule has 2 N–H and O–H groups in total. The Morgan fingerprint density at radius 1 is 0.929 bits per heavy atom. The van der Waals surface area contributed by atoms with E-state index in [1.165, 1.54) is 6.08 Å². The lowest BCUT2D eigenvalue weighted by Gasteiger charge is -2.08. The molecule has 0 aliphatic carbocycles. The quantitative estimate of drug-likeness (QED) is 0.424. The summed E-state index contributed by atoms with van der Waals surface area (Å²) < 4.78 is 6.08. The number of ether oxygens (including phenoxy) is 1. The first-order valence-electron chi connectivity index (χ1n) is 8.61. The van der Waals surface area contributed by atoms with Crippen LogP contribution < -0.4 is 10.5 Å². The summed E-state index contributed by atoms with van der Waals surface area (Å²) in [5, 5.41) is 0. The fourth-order valence-electron chi connectivity index (χ4n) is 2.65. The predicted octanol–water partition coefficient (Wildman–Crippen LogP) is 4.88. The van der Waals surface area contributed by atoms with Gasteiger partial charge in [0.1, 0.15) is 5.75 Å². The van der Waals surface area contributed by atoms with Gasteiger partial charge in [-0.1, -0.05) is 76.6 Å². The molecule has 3 aromatic rings. The van der Waals surface area contributed by atoms with Crippen LogP contribution in [0, 0.1) is 0 Å². The summed E-state index contributed by atoms with van der Waals surface area (Å²) in [4.78, 5) is 23.6. The zero-order valence-corrected chi connectivity index (χ0v) is 16.6. The number of hydrogen-bond acceptors (Lipinski definition) is 3. The second-order valence-electron chi connectivity index (χ2n) is 6.08. The van der Waals surface area contributed by atoms with E-state index in [1.807, 2.05) is 42.5 Å². The van der Waals surface area contributed by atoms with E-state index >= 15 is 0 Å². The zero-order chi connectivity index (χ0) is 19.9. The minimum Gasteiger partial charge on any atom is -0.483 e. The molecule has 0 bridgehead atoms. The van der Waals surface area contributed by atoms with Gasteiger partial charge < -0.3 is 10.5 Å². The first-order chi connectivity index (χ1) is 13.5. The minimum absolute atomic E-state index is 0.229. The van der Waals surface area contributed by atoms with Gasteiger partial charge in [0.25, 0.3) is 5.91 Å². The number of primary amides is 1. The molecule has 0 radical (unpaired) electrons. The van der Waals surface area contributed by atoms with Crippen molar-refractivity contribution in [2.45, 2.75) is 0 Å². The van der Waals surface area contributed by atoms with E-state index in [1.54, 1.807) is 24.3 Å². The van der Waals surface area contributed by atoms with Crippen molar-refractivity contribution in [2.24, 2.45) is 5.73 Å². The van der Waals surface area contributed by atoms with Crippen LogP contribution in [-0.4, -0.2) is 18.3 Å². The molecule has 0 aromatic heterocycles. The minimum atomic E-state index is -0.602. The molecule has 1 amide bonds. The number of amides is 1. The topological polar surface area (TPSA) is 69.4 Å². The number of rotatable bonds is 7. The van der Waals surface area contributed by atoms with Gasteiger partial charge in [0.2, 0.25) is 0 Å². The van der Waals surface area contributed by atoms with Gasteiger partial charge in [0.05, 0.1) is 5.56 Å². The molecule has 0 unspecified atom stereocenters. The van der Waals surface area contributed by atoms with E-state index in [0.717, 1.165) is 21.2 Å². The molecular formula is C23H18BrNO3. The van der Waals surface area contributed by atoms with Crippen LogP contribution >= 0.6 is 15.9 Å². The highest BCUT2D eigenvalue weighted by Crippen LogP contribution is 2.25. The Morgan fingerprint density at radius 2 is 1.61 bits per heavy atom. The Bertz CT molecular complexity index is 1010. The fraction of sp³-hybridized carbons (Fsp3) is 0.0435. The number of nitrogens with two attached hydrogens (primary N) is 1. The van der Waals surface area contributed by atoms with Crippen LogP contribution in [0.1, 0.15) is 15.9 Å². The van der Waals surface area contributed by atoms with E-state index in [9.17, 15) is 9.59 Å².